The minimum Gasteiger partial charge on any atom is -0.399 e. The quantitative estimate of drug-likeness (QED) is 0.345. The predicted octanol–water partition coefficient (Wildman–Crippen LogP) is 3.32. The van der Waals surface area contributed by atoms with E-state index in [1.165, 1.54) is 11.1 Å². The largest absolute Gasteiger partial charge is 0.399 e. The number of carbonyl (C=O) groups excluding carboxylic acids is 2. The molecule has 0 spiro atoms. The highest BCUT2D eigenvalue weighted by Crippen LogP contribution is 2.22. The van der Waals surface area contributed by atoms with E-state index in [2.05, 4.69) is 38.6 Å². The zero-order valence-electron chi connectivity index (χ0n) is 18.9. The van der Waals surface area contributed by atoms with Gasteiger partial charge in [0.05, 0.1) is 11.0 Å². The van der Waals surface area contributed by atoms with Crippen molar-refractivity contribution in [2.45, 2.75) is 19.5 Å². The van der Waals surface area contributed by atoms with Crippen LogP contribution in [0.25, 0.3) is 11.0 Å². The Bertz CT molecular complexity index is 1390. The van der Waals surface area contributed by atoms with Crippen molar-refractivity contribution >= 4 is 34.2 Å². The number of carbonyl (C=O) groups is 2. The van der Waals surface area contributed by atoms with Crippen LogP contribution in [-0.2, 0) is 19.5 Å². The maximum atomic E-state index is 12.9. The topological polar surface area (TPSA) is 116 Å². The van der Waals surface area contributed by atoms with Gasteiger partial charge in [0.1, 0.15) is 0 Å². The lowest BCUT2D eigenvalue weighted by Crippen LogP contribution is -2.26. The van der Waals surface area contributed by atoms with Crippen LogP contribution in [0.15, 0.2) is 60.7 Å². The van der Waals surface area contributed by atoms with Crippen LogP contribution in [0.4, 0.5) is 11.4 Å². The third kappa shape index (κ3) is 4.62. The van der Waals surface area contributed by atoms with Crippen LogP contribution in [-0.4, -0.2) is 40.3 Å². The molecule has 8 nitrogen and oxygen atoms in total. The van der Waals surface area contributed by atoms with Crippen molar-refractivity contribution in [2.75, 3.05) is 24.6 Å². The van der Waals surface area contributed by atoms with Gasteiger partial charge in [0, 0.05) is 36.6 Å². The maximum Gasteiger partial charge on any atom is 0.287 e. The van der Waals surface area contributed by atoms with Crippen molar-refractivity contribution in [1.82, 2.24) is 20.2 Å². The Kier molecular flexibility index (Phi) is 5.73. The minimum atomic E-state index is -0.330. The van der Waals surface area contributed by atoms with E-state index in [9.17, 15) is 9.59 Å². The van der Waals surface area contributed by atoms with Gasteiger partial charge in [-0.15, -0.1) is 0 Å². The highest BCUT2D eigenvalue weighted by molar-refractivity contribution is 6.04. The number of nitrogens with two attached hydrogens (primary N) is 1. The summed E-state index contributed by atoms with van der Waals surface area (Å²) in [5.74, 6) is -0.302. The summed E-state index contributed by atoms with van der Waals surface area (Å²) in [7, 11) is 2.10. The van der Waals surface area contributed by atoms with Gasteiger partial charge >= 0.3 is 0 Å². The second-order valence-electron chi connectivity index (χ2n) is 8.67. The minimum absolute atomic E-state index is 0.188. The van der Waals surface area contributed by atoms with Gasteiger partial charge in [-0.2, -0.15) is 0 Å². The molecule has 2 heterocycles. The molecule has 4 aromatic rings. The number of fused-ring (bicyclic) bond motifs is 2. The molecular formula is C26H26N6O2. The van der Waals surface area contributed by atoms with E-state index in [1.807, 2.05) is 24.3 Å². The van der Waals surface area contributed by atoms with Crippen molar-refractivity contribution < 1.29 is 9.59 Å². The molecule has 1 aliphatic heterocycles. The fourth-order valence-corrected chi connectivity index (χ4v) is 4.20. The Morgan fingerprint density at radius 1 is 1.06 bits per heavy atom. The van der Waals surface area contributed by atoms with Crippen molar-refractivity contribution in [2.24, 2.45) is 0 Å². The standard InChI is InChI=1S/C26H26N6O2/c1-32-10-9-17-5-7-21(12-19(17)15-32)29-25(33)18-4-2-3-16(11-18)14-28-26(34)24-30-22-8-6-20(27)13-23(22)31-24/h2-8,11-13H,9-10,14-15,27H2,1H3,(H,28,34)(H,29,33)(H,30,31). The van der Waals surface area contributed by atoms with Gasteiger partial charge in [0.2, 0.25) is 0 Å². The lowest BCUT2D eigenvalue weighted by Gasteiger charge is -2.25. The van der Waals surface area contributed by atoms with E-state index in [4.69, 9.17) is 5.73 Å². The summed E-state index contributed by atoms with van der Waals surface area (Å²) in [6, 6.07) is 18.6. The molecular weight excluding hydrogens is 428 g/mol. The molecule has 1 aliphatic rings. The molecule has 1 aromatic heterocycles. The summed E-state index contributed by atoms with van der Waals surface area (Å²) in [5.41, 5.74) is 12.5. The molecule has 3 aromatic carbocycles. The number of likely N-dealkylation sites (N-methyl/N-ethyl adjacent to an activating group) is 1. The van der Waals surface area contributed by atoms with Crippen LogP contribution >= 0.6 is 0 Å². The molecule has 0 unspecified atom stereocenters. The number of nitrogens with zero attached hydrogens (tertiary/aromatic N) is 2. The van der Waals surface area contributed by atoms with E-state index in [-0.39, 0.29) is 24.2 Å². The van der Waals surface area contributed by atoms with Gasteiger partial charge in [-0.25, -0.2) is 4.98 Å². The van der Waals surface area contributed by atoms with Crippen LogP contribution in [0.5, 0.6) is 0 Å². The Labute approximate surface area is 197 Å². The Balaban J connectivity index is 1.23. The average Bonchev–Trinajstić information content (AvgIpc) is 3.26. The number of aromatic nitrogens is 2. The lowest BCUT2D eigenvalue weighted by molar-refractivity contribution is 0.0941. The second-order valence-corrected chi connectivity index (χ2v) is 8.67. The number of nitrogen functional groups attached to an aromatic ring is 1. The zero-order chi connectivity index (χ0) is 23.7. The maximum absolute atomic E-state index is 12.9. The molecule has 34 heavy (non-hydrogen) atoms. The summed E-state index contributed by atoms with van der Waals surface area (Å²) in [4.78, 5) is 35.0. The summed E-state index contributed by atoms with van der Waals surface area (Å²) in [5, 5.41) is 5.84. The summed E-state index contributed by atoms with van der Waals surface area (Å²) >= 11 is 0. The van der Waals surface area contributed by atoms with Crippen molar-refractivity contribution in [1.29, 1.82) is 0 Å². The molecule has 2 amide bonds. The predicted molar refractivity (Wildman–Crippen MR) is 133 cm³/mol. The number of H-pyrrole nitrogens is 1. The number of imidazole rings is 1. The first kappa shape index (κ1) is 21.7. The second kappa shape index (κ2) is 8.99. The fraction of sp³-hybridized carbons (Fsp3) is 0.192. The molecule has 0 aliphatic carbocycles. The molecule has 0 fully saturated rings. The zero-order valence-corrected chi connectivity index (χ0v) is 18.9. The van der Waals surface area contributed by atoms with Crippen LogP contribution in [0.3, 0.4) is 0 Å². The van der Waals surface area contributed by atoms with E-state index in [0.717, 1.165) is 30.8 Å². The van der Waals surface area contributed by atoms with Gasteiger partial charge in [-0.05, 0) is 72.6 Å². The van der Waals surface area contributed by atoms with Gasteiger partial charge in [-0.1, -0.05) is 18.2 Å². The molecule has 5 N–H and O–H groups in total. The molecule has 0 radical (unpaired) electrons. The third-order valence-electron chi connectivity index (χ3n) is 6.03. The van der Waals surface area contributed by atoms with Crippen molar-refractivity contribution in [3.8, 4) is 0 Å². The first-order valence-electron chi connectivity index (χ1n) is 11.2. The van der Waals surface area contributed by atoms with Crippen LogP contribution in [0.2, 0.25) is 0 Å². The molecule has 0 saturated carbocycles. The Morgan fingerprint density at radius 2 is 1.94 bits per heavy atom. The highest BCUT2D eigenvalue weighted by atomic mass is 16.2. The molecule has 172 valence electrons. The van der Waals surface area contributed by atoms with Gasteiger partial charge in [0.25, 0.3) is 11.8 Å². The van der Waals surface area contributed by atoms with E-state index in [0.29, 0.717) is 22.3 Å². The van der Waals surface area contributed by atoms with E-state index < -0.39 is 0 Å². The highest BCUT2D eigenvalue weighted by Gasteiger charge is 2.15. The summed E-state index contributed by atoms with van der Waals surface area (Å²) in [6.07, 6.45) is 1.02. The first-order valence-corrected chi connectivity index (χ1v) is 11.2. The number of nitrogens with one attached hydrogen (secondary N) is 3. The van der Waals surface area contributed by atoms with Crippen molar-refractivity contribution in [3.63, 3.8) is 0 Å². The number of anilines is 2. The number of benzene rings is 3. The normalized spacial score (nSPS) is 13.4. The van der Waals surface area contributed by atoms with E-state index in [1.54, 1.807) is 30.3 Å². The van der Waals surface area contributed by atoms with E-state index >= 15 is 0 Å². The number of aromatic amines is 1. The third-order valence-corrected chi connectivity index (χ3v) is 6.03. The fourth-order valence-electron chi connectivity index (χ4n) is 4.20. The van der Waals surface area contributed by atoms with Crippen LogP contribution in [0.1, 0.15) is 37.7 Å². The first-order chi connectivity index (χ1) is 16.4. The molecule has 0 saturated heterocycles. The smallest absolute Gasteiger partial charge is 0.287 e. The van der Waals surface area contributed by atoms with Crippen LogP contribution in [0, 0.1) is 0 Å². The van der Waals surface area contributed by atoms with Gasteiger partial charge < -0.3 is 26.3 Å². The SMILES string of the molecule is CN1CCc2ccc(NC(=O)c3cccc(CNC(=O)c4nc5ccc(N)cc5[nH]4)c3)cc2C1. The lowest BCUT2D eigenvalue weighted by atomic mass is 9.99. The number of rotatable bonds is 5. The molecule has 8 heteroatoms. The monoisotopic (exact) mass is 454 g/mol. The Hall–Kier alpha value is -4.17. The summed E-state index contributed by atoms with van der Waals surface area (Å²) < 4.78 is 0. The summed E-state index contributed by atoms with van der Waals surface area (Å²) in [6.45, 7) is 2.20. The van der Waals surface area contributed by atoms with Gasteiger partial charge in [0.15, 0.2) is 5.82 Å². The molecule has 5 rings (SSSR count). The Morgan fingerprint density at radius 3 is 2.82 bits per heavy atom. The number of hydrogen-bond donors (Lipinski definition) is 4. The number of hydrogen-bond acceptors (Lipinski definition) is 5. The number of amides is 2. The van der Waals surface area contributed by atoms with Crippen LogP contribution < -0.4 is 16.4 Å². The average molecular weight is 455 g/mol. The van der Waals surface area contributed by atoms with Crippen molar-refractivity contribution in [3.05, 3.63) is 88.7 Å². The molecule has 0 bridgehead atoms. The molecule has 0 atom stereocenters. The van der Waals surface area contributed by atoms with Gasteiger partial charge in [-0.3, -0.25) is 9.59 Å².